The first-order valence-electron chi connectivity index (χ1n) is 9.16. The van der Waals surface area contributed by atoms with Crippen molar-refractivity contribution < 1.29 is 13.9 Å². The molecule has 26 heavy (non-hydrogen) atoms. The number of anilines is 2. The average molecular weight is 357 g/mol. The van der Waals surface area contributed by atoms with Gasteiger partial charge in [0.2, 0.25) is 5.76 Å². The molecule has 1 aliphatic rings. The number of oxazole rings is 1. The second-order valence-corrected chi connectivity index (χ2v) is 7.24. The van der Waals surface area contributed by atoms with Crippen LogP contribution in [0.2, 0.25) is 0 Å². The number of aromatic nitrogens is 1. The van der Waals surface area contributed by atoms with Crippen LogP contribution in [-0.2, 0) is 11.2 Å². The zero-order valence-electron chi connectivity index (χ0n) is 15.9. The molecule has 2 heterocycles. The van der Waals surface area contributed by atoms with Crippen molar-refractivity contribution in [2.24, 2.45) is 5.92 Å². The second-order valence-electron chi connectivity index (χ2n) is 7.24. The molecule has 3 rings (SSSR count). The van der Waals surface area contributed by atoms with E-state index in [1.54, 1.807) is 6.92 Å². The van der Waals surface area contributed by atoms with E-state index in [2.05, 4.69) is 36.0 Å². The molecule has 1 N–H and O–H groups in total. The highest BCUT2D eigenvalue weighted by atomic mass is 16.5. The van der Waals surface area contributed by atoms with E-state index in [0.717, 1.165) is 37.6 Å². The van der Waals surface area contributed by atoms with Crippen LogP contribution in [0.25, 0.3) is 0 Å². The fourth-order valence-corrected chi connectivity index (χ4v) is 3.13. The van der Waals surface area contributed by atoms with E-state index in [1.807, 2.05) is 24.3 Å². The molecule has 0 spiro atoms. The van der Waals surface area contributed by atoms with Gasteiger partial charge in [-0.15, -0.1) is 0 Å². The molecule has 1 amide bonds. The van der Waals surface area contributed by atoms with Gasteiger partial charge in [0, 0.05) is 30.4 Å². The zero-order chi connectivity index (χ0) is 18.7. The molecule has 6 heteroatoms. The van der Waals surface area contributed by atoms with Gasteiger partial charge in [0.15, 0.2) is 5.89 Å². The van der Waals surface area contributed by atoms with Crippen LogP contribution in [0.1, 0.15) is 42.9 Å². The van der Waals surface area contributed by atoms with Crippen LogP contribution in [0.15, 0.2) is 28.7 Å². The van der Waals surface area contributed by atoms with Crippen molar-refractivity contribution in [1.82, 2.24) is 4.98 Å². The lowest BCUT2D eigenvalue weighted by molar-refractivity contribution is 0.0989. The van der Waals surface area contributed by atoms with E-state index in [9.17, 15) is 4.79 Å². The highest BCUT2D eigenvalue weighted by Gasteiger charge is 2.20. The van der Waals surface area contributed by atoms with Gasteiger partial charge in [0.1, 0.15) is 0 Å². The summed E-state index contributed by atoms with van der Waals surface area (Å²) in [6, 6.07) is 8.22. The van der Waals surface area contributed by atoms with Crippen molar-refractivity contribution in [3.8, 4) is 0 Å². The summed E-state index contributed by atoms with van der Waals surface area (Å²) >= 11 is 0. The van der Waals surface area contributed by atoms with E-state index < -0.39 is 0 Å². The van der Waals surface area contributed by atoms with Crippen molar-refractivity contribution in [3.05, 3.63) is 41.6 Å². The zero-order valence-corrected chi connectivity index (χ0v) is 15.9. The van der Waals surface area contributed by atoms with Crippen molar-refractivity contribution in [2.75, 3.05) is 30.0 Å². The van der Waals surface area contributed by atoms with Crippen molar-refractivity contribution >= 4 is 17.3 Å². The molecule has 1 fully saturated rings. The lowest BCUT2D eigenvalue weighted by Crippen LogP contribution is -2.43. The largest absolute Gasteiger partial charge is 0.435 e. The monoisotopic (exact) mass is 357 g/mol. The standard InChI is InChI=1S/C20H27N3O3/c1-13(2)11-18-21-15(4)19(26-18)20(24)22-16-5-7-17(8-6-16)23-9-10-25-12-14(23)3/h5-8,13-14H,9-12H2,1-4H3,(H,22,24). The number of hydrogen-bond donors (Lipinski definition) is 1. The molecule has 1 atom stereocenters. The Balaban J connectivity index is 1.67. The van der Waals surface area contributed by atoms with Crippen LogP contribution in [0.3, 0.4) is 0 Å². The number of nitrogens with one attached hydrogen (secondary N) is 1. The third-order valence-corrected chi connectivity index (χ3v) is 4.45. The van der Waals surface area contributed by atoms with Gasteiger partial charge in [-0.2, -0.15) is 0 Å². The maximum Gasteiger partial charge on any atom is 0.293 e. The van der Waals surface area contributed by atoms with Gasteiger partial charge >= 0.3 is 0 Å². The lowest BCUT2D eigenvalue weighted by Gasteiger charge is -2.35. The summed E-state index contributed by atoms with van der Waals surface area (Å²) in [7, 11) is 0. The number of morpholine rings is 1. The summed E-state index contributed by atoms with van der Waals surface area (Å²) in [5.74, 6) is 1.06. The van der Waals surface area contributed by atoms with E-state index in [0.29, 0.717) is 23.5 Å². The van der Waals surface area contributed by atoms with Crippen molar-refractivity contribution in [3.63, 3.8) is 0 Å². The molecule has 0 aliphatic carbocycles. The molecular formula is C20H27N3O3. The highest BCUT2D eigenvalue weighted by molar-refractivity contribution is 6.03. The molecule has 0 bridgehead atoms. The minimum absolute atomic E-state index is 0.266. The SMILES string of the molecule is Cc1nc(CC(C)C)oc1C(=O)Nc1ccc(N2CCOCC2C)cc1. The summed E-state index contributed by atoms with van der Waals surface area (Å²) in [6.45, 7) is 10.5. The number of carbonyl (C=O) groups excluding carboxylic acids is 1. The molecule has 1 saturated heterocycles. The Bertz CT molecular complexity index is 752. The number of benzene rings is 1. The normalized spacial score (nSPS) is 17.6. The molecule has 0 saturated carbocycles. The Labute approximate surface area is 154 Å². The first-order valence-corrected chi connectivity index (χ1v) is 9.16. The number of ether oxygens (including phenoxy) is 1. The number of amides is 1. The molecule has 1 unspecified atom stereocenters. The van der Waals surface area contributed by atoms with Gasteiger partial charge in [-0.3, -0.25) is 4.79 Å². The first-order chi connectivity index (χ1) is 12.4. The van der Waals surface area contributed by atoms with Gasteiger partial charge in [0.25, 0.3) is 5.91 Å². The first kappa shape index (κ1) is 18.5. The molecule has 140 valence electrons. The highest BCUT2D eigenvalue weighted by Crippen LogP contribution is 2.23. The maximum absolute atomic E-state index is 12.5. The molecule has 2 aromatic rings. The predicted molar refractivity (Wildman–Crippen MR) is 102 cm³/mol. The number of rotatable bonds is 5. The third-order valence-electron chi connectivity index (χ3n) is 4.45. The van der Waals surface area contributed by atoms with Crippen LogP contribution in [0, 0.1) is 12.8 Å². The smallest absolute Gasteiger partial charge is 0.293 e. The third kappa shape index (κ3) is 4.25. The topological polar surface area (TPSA) is 67.6 Å². The molecule has 0 radical (unpaired) electrons. The fraction of sp³-hybridized carbons (Fsp3) is 0.500. The van der Waals surface area contributed by atoms with Gasteiger partial charge < -0.3 is 19.4 Å². The summed E-state index contributed by atoms with van der Waals surface area (Å²) in [5.41, 5.74) is 2.49. The van der Waals surface area contributed by atoms with E-state index in [4.69, 9.17) is 9.15 Å². The van der Waals surface area contributed by atoms with Crippen LogP contribution < -0.4 is 10.2 Å². The Morgan fingerprint density at radius 1 is 1.35 bits per heavy atom. The number of aryl methyl sites for hydroxylation is 1. The Morgan fingerprint density at radius 3 is 2.73 bits per heavy atom. The molecule has 1 aromatic heterocycles. The minimum atomic E-state index is -0.266. The molecule has 6 nitrogen and oxygen atoms in total. The Morgan fingerprint density at radius 2 is 2.08 bits per heavy atom. The van der Waals surface area contributed by atoms with Crippen LogP contribution in [0.4, 0.5) is 11.4 Å². The predicted octanol–water partition coefficient (Wildman–Crippen LogP) is 3.66. The summed E-state index contributed by atoms with van der Waals surface area (Å²) in [4.78, 5) is 19.2. The molecular weight excluding hydrogens is 330 g/mol. The summed E-state index contributed by atoms with van der Waals surface area (Å²) in [6.07, 6.45) is 0.723. The number of nitrogens with zero attached hydrogens (tertiary/aromatic N) is 2. The van der Waals surface area contributed by atoms with E-state index >= 15 is 0 Å². The van der Waals surface area contributed by atoms with Gasteiger partial charge in [-0.05, 0) is 44.0 Å². The van der Waals surface area contributed by atoms with Crippen LogP contribution in [-0.4, -0.2) is 36.7 Å². The number of hydrogen-bond acceptors (Lipinski definition) is 5. The average Bonchev–Trinajstić information content (AvgIpc) is 2.96. The molecule has 1 aromatic carbocycles. The van der Waals surface area contributed by atoms with Crippen LogP contribution in [0.5, 0.6) is 0 Å². The van der Waals surface area contributed by atoms with Gasteiger partial charge in [-0.25, -0.2) is 4.98 Å². The van der Waals surface area contributed by atoms with E-state index in [-0.39, 0.29) is 11.7 Å². The maximum atomic E-state index is 12.5. The molecule has 1 aliphatic heterocycles. The second kappa shape index (κ2) is 7.91. The van der Waals surface area contributed by atoms with Crippen LogP contribution >= 0.6 is 0 Å². The minimum Gasteiger partial charge on any atom is -0.435 e. The van der Waals surface area contributed by atoms with Gasteiger partial charge in [-0.1, -0.05) is 13.8 Å². The quantitative estimate of drug-likeness (QED) is 0.884. The number of carbonyl (C=O) groups is 1. The fourth-order valence-electron chi connectivity index (χ4n) is 3.13. The van der Waals surface area contributed by atoms with Gasteiger partial charge in [0.05, 0.1) is 18.9 Å². The van der Waals surface area contributed by atoms with Crippen molar-refractivity contribution in [2.45, 2.75) is 40.2 Å². The summed E-state index contributed by atoms with van der Waals surface area (Å²) in [5, 5.41) is 2.89. The van der Waals surface area contributed by atoms with E-state index in [1.165, 1.54) is 0 Å². The Kier molecular flexibility index (Phi) is 5.61. The summed E-state index contributed by atoms with van der Waals surface area (Å²) < 4.78 is 11.1. The van der Waals surface area contributed by atoms with Crippen molar-refractivity contribution in [1.29, 1.82) is 0 Å². The lowest BCUT2D eigenvalue weighted by atomic mass is 10.1. The Hall–Kier alpha value is -2.34.